The van der Waals surface area contributed by atoms with E-state index in [1.807, 2.05) is 0 Å². The molecule has 1 N–H and O–H groups in total. The maximum absolute atomic E-state index is 12.8. The fourth-order valence-electron chi connectivity index (χ4n) is 1.54. The molecule has 0 aromatic heterocycles. The van der Waals surface area contributed by atoms with Crippen LogP contribution in [0.15, 0.2) is 35.4 Å². The molecular formula is C14H17F3N2O2. The monoisotopic (exact) mass is 302 g/mol. The van der Waals surface area contributed by atoms with E-state index in [1.165, 1.54) is 0 Å². The highest BCUT2D eigenvalue weighted by Crippen LogP contribution is 2.21. The van der Waals surface area contributed by atoms with E-state index in [-0.39, 0.29) is 25.9 Å². The summed E-state index contributed by atoms with van der Waals surface area (Å²) in [7, 11) is 0. The van der Waals surface area contributed by atoms with Gasteiger partial charge in [-0.2, -0.15) is 18.3 Å². The second-order valence-electron chi connectivity index (χ2n) is 4.19. The fourth-order valence-corrected chi connectivity index (χ4v) is 1.54. The van der Waals surface area contributed by atoms with Gasteiger partial charge in [-0.25, -0.2) is 0 Å². The summed E-state index contributed by atoms with van der Waals surface area (Å²) in [5.41, 5.74) is 1.88. The molecule has 0 amide bonds. The smallest absolute Gasteiger partial charge is 0.431 e. The topological polar surface area (TPSA) is 50.7 Å². The molecule has 1 aromatic carbocycles. The molecule has 0 saturated carbocycles. The van der Waals surface area contributed by atoms with Crippen molar-refractivity contribution in [2.75, 3.05) is 12.0 Å². The largest absolute Gasteiger partial charge is 0.466 e. The Hall–Kier alpha value is -2.05. The quantitative estimate of drug-likeness (QED) is 0.474. The van der Waals surface area contributed by atoms with Crippen LogP contribution in [0.25, 0.3) is 0 Å². The highest BCUT2D eigenvalue weighted by molar-refractivity contribution is 5.90. The molecule has 21 heavy (non-hydrogen) atoms. The van der Waals surface area contributed by atoms with E-state index < -0.39 is 17.9 Å². The molecule has 1 rings (SSSR count). The second kappa shape index (κ2) is 8.28. The van der Waals surface area contributed by atoms with Crippen molar-refractivity contribution in [3.63, 3.8) is 0 Å². The predicted molar refractivity (Wildman–Crippen MR) is 74.0 cm³/mol. The van der Waals surface area contributed by atoms with Gasteiger partial charge in [0, 0.05) is 6.42 Å². The predicted octanol–water partition coefficient (Wildman–Crippen LogP) is 3.75. The average Bonchev–Trinajstić information content (AvgIpc) is 2.42. The Morgan fingerprint density at radius 1 is 1.24 bits per heavy atom. The first kappa shape index (κ1) is 17.0. The number of benzene rings is 1. The molecule has 7 heteroatoms. The van der Waals surface area contributed by atoms with Crippen molar-refractivity contribution in [2.45, 2.75) is 32.4 Å². The minimum absolute atomic E-state index is 0.0354. The number of rotatable bonds is 7. The minimum atomic E-state index is -4.53. The molecule has 0 saturated heterocycles. The summed E-state index contributed by atoms with van der Waals surface area (Å²) in [5, 5.41) is 3.40. The summed E-state index contributed by atoms with van der Waals surface area (Å²) in [6, 6.07) is 8.34. The number of nitrogens with one attached hydrogen (secondary N) is 1. The molecule has 0 heterocycles. The van der Waals surface area contributed by atoms with Crippen molar-refractivity contribution >= 4 is 17.4 Å². The average molecular weight is 302 g/mol. The second-order valence-corrected chi connectivity index (χ2v) is 4.19. The van der Waals surface area contributed by atoms with E-state index >= 15 is 0 Å². The molecule has 4 nitrogen and oxygen atoms in total. The maximum atomic E-state index is 12.8. The molecule has 0 bridgehead atoms. The third-order valence-corrected chi connectivity index (χ3v) is 2.52. The Bertz CT molecular complexity index is 473. The van der Waals surface area contributed by atoms with Crippen molar-refractivity contribution in [3.05, 3.63) is 30.3 Å². The minimum Gasteiger partial charge on any atom is -0.466 e. The molecule has 0 atom stereocenters. The van der Waals surface area contributed by atoms with Crippen molar-refractivity contribution in [2.24, 2.45) is 5.10 Å². The summed E-state index contributed by atoms with van der Waals surface area (Å²) in [6.45, 7) is 1.86. The van der Waals surface area contributed by atoms with E-state index in [0.717, 1.165) is 0 Å². The van der Waals surface area contributed by atoms with Crippen LogP contribution >= 0.6 is 0 Å². The van der Waals surface area contributed by atoms with E-state index in [1.54, 1.807) is 37.3 Å². The fraction of sp³-hybridized carbons (Fsp3) is 0.429. The van der Waals surface area contributed by atoms with Crippen molar-refractivity contribution in [1.82, 2.24) is 0 Å². The zero-order valence-electron chi connectivity index (χ0n) is 11.6. The van der Waals surface area contributed by atoms with Gasteiger partial charge >= 0.3 is 12.1 Å². The Balaban J connectivity index is 2.58. The zero-order valence-corrected chi connectivity index (χ0v) is 11.6. The Labute approximate surface area is 121 Å². The van der Waals surface area contributed by atoms with Crippen LogP contribution < -0.4 is 5.43 Å². The molecule has 0 fully saturated rings. The number of nitrogens with zero attached hydrogens (tertiary/aromatic N) is 1. The van der Waals surface area contributed by atoms with Gasteiger partial charge in [0.1, 0.15) is 5.71 Å². The molecule has 0 radical (unpaired) electrons. The van der Waals surface area contributed by atoms with Crippen molar-refractivity contribution in [1.29, 1.82) is 0 Å². The van der Waals surface area contributed by atoms with Gasteiger partial charge in [-0.1, -0.05) is 18.2 Å². The molecule has 116 valence electrons. The van der Waals surface area contributed by atoms with Gasteiger partial charge in [-0.15, -0.1) is 0 Å². The highest BCUT2D eigenvalue weighted by Gasteiger charge is 2.35. The van der Waals surface area contributed by atoms with Gasteiger partial charge in [0.05, 0.1) is 12.3 Å². The van der Waals surface area contributed by atoms with E-state index in [9.17, 15) is 18.0 Å². The Kier molecular flexibility index (Phi) is 6.71. The summed E-state index contributed by atoms with van der Waals surface area (Å²) in [4.78, 5) is 11.1. The van der Waals surface area contributed by atoms with Crippen LogP contribution in [-0.2, 0) is 9.53 Å². The number of hydrogen-bond acceptors (Lipinski definition) is 4. The lowest BCUT2D eigenvalue weighted by atomic mass is 10.1. The van der Waals surface area contributed by atoms with E-state index in [0.29, 0.717) is 5.69 Å². The van der Waals surface area contributed by atoms with Gasteiger partial charge in [0.15, 0.2) is 0 Å². The number of alkyl halides is 3. The number of hydrogen-bond donors (Lipinski definition) is 1. The molecule has 0 aliphatic heterocycles. The molecule has 1 aromatic rings. The number of carbonyl (C=O) groups excluding carboxylic acids is 1. The van der Waals surface area contributed by atoms with Crippen LogP contribution in [0.2, 0.25) is 0 Å². The molecular weight excluding hydrogens is 285 g/mol. The summed E-state index contributed by atoms with van der Waals surface area (Å²) in [6.07, 6.45) is -4.90. The van der Waals surface area contributed by atoms with Gasteiger partial charge < -0.3 is 4.74 Å². The van der Waals surface area contributed by atoms with Gasteiger partial charge in [0.2, 0.25) is 0 Å². The lowest BCUT2D eigenvalue weighted by Crippen LogP contribution is -2.24. The maximum Gasteiger partial charge on any atom is 0.431 e. The summed E-state index contributed by atoms with van der Waals surface area (Å²) >= 11 is 0. The van der Waals surface area contributed by atoms with Crippen molar-refractivity contribution in [3.8, 4) is 0 Å². The molecule has 0 aliphatic rings. The number of carbonyl (C=O) groups is 1. The van der Waals surface area contributed by atoms with Crippen LogP contribution in [0.1, 0.15) is 26.2 Å². The first-order chi connectivity index (χ1) is 9.93. The van der Waals surface area contributed by atoms with Crippen LogP contribution in [0.4, 0.5) is 18.9 Å². The first-order valence-corrected chi connectivity index (χ1v) is 6.54. The van der Waals surface area contributed by atoms with Crippen LogP contribution in [-0.4, -0.2) is 24.5 Å². The number of anilines is 1. The number of ether oxygens (including phenoxy) is 1. The standard InChI is InChI=1S/C14H17F3N2O2/c1-2-21-13(20)10-6-9-12(14(15,16)17)19-18-11-7-4-3-5-8-11/h3-5,7-8,18H,2,6,9-10H2,1H3. The number of para-hydroxylation sites is 1. The number of hydrazone groups is 1. The normalized spacial score (nSPS) is 12.1. The molecule has 0 aliphatic carbocycles. The molecule has 0 spiro atoms. The van der Waals surface area contributed by atoms with Crippen LogP contribution in [0.5, 0.6) is 0 Å². The van der Waals surface area contributed by atoms with Gasteiger partial charge in [0.25, 0.3) is 0 Å². The van der Waals surface area contributed by atoms with Crippen molar-refractivity contribution < 1.29 is 22.7 Å². The summed E-state index contributed by atoms with van der Waals surface area (Å²) in [5.74, 6) is -0.505. The third kappa shape index (κ3) is 6.78. The zero-order chi connectivity index (χ0) is 15.7. The number of halogens is 3. The SMILES string of the molecule is CCOC(=O)CCCC(=NNc1ccccc1)C(F)(F)F. The highest BCUT2D eigenvalue weighted by atomic mass is 19.4. The van der Waals surface area contributed by atoms with Crippen LogP contribution in [0, 0.1) is 0 Å². The van der Waals surface area contributed by atoms with E-state index in [4.69, 9.17) is 0 Å². The lowest BCUT2D eigenvalue weighted by Gasteiger charge is -2.11. The Morgan fingerprint density at radius 2 is 1.90 bits per heavy atom. The first-order valence-electron chi connectivity index (χ1n) is 6.54. The summed E-state index contributed by atoms with van der Waals surface area (Å²) < 4.78 is 43.1. The van der Waals surface area contributed by atoms with Crippen LogP contribution in [0.3, 0.4) is 0 Å². The third-order valence-electron chi connectivity index (χ3n) is 2.52. The van der Waals surface area contributed by atoms with E-state index in [2.05, 4.69) is 15.3 Å². The lowest BCUT2D eigenvalue weighted by molar-refractivity contribution is -0.143. The number of esters is 1. The van der Waals surface area contributed by atoms with Gasteiger partial charge in [-0.05, 0) is 31.9 Å². The van der Waals surface area contributed by atoms with Gasteiger partial charge in [-0.3, -0.25) is 10.2 Å². The molecule has 0 unspecified atom stereocenters. The Morgan fingerprint density at radius 3 is 2.48 bits per heavy atom.